The monoisotopic (exact) mass is 432 g/mol. The number of benzene rings is 2. The van der Waals surface area contributed by atoms with Crippen LogP contribution < -0.4 is 19.0 Å². The van der Waals surface area contributed by atoms with Crippen molar-refractivity contribution in [1.82, 2.24) is 5.32 Å². The minimum absolute atomic E-state index is 0.183. The van der Waals surface area contributed by atoms with Crippen molar-refractivity contribution < 1.29 is 22.1 Å². The summed E-state index contributed by atoms with van der Waals surface area (Å²) in [5.74, 6) is 0.708. The molecule has 0 saturated heterocycles. The number of fused-ring (bicyclic) bond motifs is 1. The van der Waals surface area contributed by atoms with E-state index in [2.05, 4.69) is 17.0 Å². The quantitative estimate of drug-likeness (QED) is 0.513. The van der Waals surface area contributed by atoms with Crippen molar-refractivity contribution in [3.63, 3.8) is 0 Å². The molecular formula is C22H28N2O5S. The van der Waals surface area contributed by atoms with Crippen molar-refractivity contribution in [2.75, 3.05) is 11.3 Å². The molecule has 0 fully saturated rings. The molecule has 7 nitrogen and oxygen atoms in total. The lowest BCUT2D eigenvalue weighted by Gasteiger charge is -2.09. The van der Waals surface area contributed by atoms with Gasteiger partial charge in [-0.05, 0) is 42.3 Å². The maximum atomic E-state index is 12.4. The number of anilines is 1. The van der Waals surface area contributed by atoms with E-state index in [1.807, 2.05) is 24.3 Å². The molecule has 30 heavy (non-hydrogen) atoms. The number of amides is 1. The average Bonchev–Trinajstić information content (AvgIpc) is 3.05. The van der Waals surface area contributed by atoms with Gasteiger partial charge in [0.05, 0.1) is 12.3 Å². The Morgan fingerprint density at radius 2 is 1.77 bits per heavy atom. The van der Waals surface area contributed by atoms with Gasteiger partial charge in [0.25, 0.3) is 5.91 Å². The van der Waals surface area contributed by atoms with Crippen LogP contribution in [0.25, 0.3) is 0 Å². The zero-order valence-corrected chi connectivity index (χ0v) is 18.0. The summed E-state index contributed by atoms with van der Waals surface area (Å²) in [5, 5.41) is 2.83. The number of nitrogens with one attached hydrogen (secondary N) is 2. The first-order chi connectivity index (χ1) is 14.5. The molecule has 0 aliphatic carbocycles. The highest BCUT2D eigenvalue weighted by molar-refractivity contribution is 7.88. The lowest BCUT2D eigenvalue weighted by Crippen LogP contribution is -2.22. The molecule has 1 aliphatic heterocycles. The summed E-state index contributed by atoms with van der Waals surface area (Å²) >= 11 is 0. The summed E-state index contributed by atoms with van der Waals surface area (Å²) < 4.78 is 35.5. The van der Waals surface area contributed by atoms with Gasteiger partial charge < -0.3 is 14.2 Å². The van der Waals surface area contributed by atoms with E-state index in [1.165, 1.54) is 50.3 Å². The molecule has 0 spiro atoms. The number of unbranched alkanes of at least 4 members (excludes halogenated alkanes) is 5. The highest BCUT2D eigenvalue weighted by Gasteiger charge is 2.25. The Morgan fingerprint density at radius 1 is 1.03 bits per heavy atom. The normalized spacial score (nSPS) is 13.8. The maximum Gasteiger partial charge on any atom is 0.407 e. The van der Waals surface area contributed by atoms with Crippen LogP contribution in [-0.2, 0) is 16.8 Å². The number of rotatable bonds is 11. The van der Waals surface area contributed by atoms with Gasteiger partial charge in [0.15, 0.2) is 5.75 Å². The molecule has 0 aromatic heterocycles. The highest BCUT2D eigenvalue weighted by Crippen LogP contribution is 2.33. The molecule has 8 heteroatoms. The van der Waals surface area contributed by atoms with Crippen LogP contribution in [0.2, 0.25) is 0 Å². The third-order valence-corrected chi connectivity index (χ3v) is 5.69. The third kappa shape index (κ3) is 6.38. The van der Waals surface area contributed by atoms with Gasteiger partial charge >= 0.3 is 10.3 Å². The van der Waals surface area contributed by atoms with Crippen LogP contribution in [0.4, 0.5) is 5.69 Å². The molecule has 162 valence electrons. The van der Waals surface area contributed by atoms with E-state index in [-0.39, 0.29) is 17.3 Å². The first kappa shape index (κ1) is 22.0. The van der Waals surface area contributed by atoms with Gasteiger partial charge in [-0.1, -0.05) is 51.2 Å². The fraction of sp³-hybridized carbons (Fsp3) is 0.409. The average molecular weight is 433 g/mol. The fourth-order valence-electron chi connectivity index (χ4n) is 3.16. The number of carbonyl (C=O) groups is 1. The molecule has 1 aliphatic rings. The zero-order valence-electron chi connectivity index (χ0n) is 17.1. The molecule has 0 radical (unpaired) electrons. The van der Waals surface area contributed by atoms with E-state index in [0.29, 0.717) is 18.7 Å². The van der Waals surface area contributed by atoms with Gasteiger partial charge in [-0.3, -0.25) is 4.79 Å². The van der Waals surface area contributed by atoms with Crippen LogP contribution in [0, 0.1) is 0 Å². The molecule has 0 saturated carbocycles. The summed E-state index contributed by atoms with van der Waals surface area (Å²) in [5.41, 5.74) is 1.55. The van der Waals surface area contributed by atoms with E-state index in [4.69, 9.17) is 8.92 Å². The zero-order chi connectivity index (χ0) is 21.4. The second-order valence-electron chi connectivity index (χ2n) is 7.29. The van der Waals surface area contributed by atoms with E-state index >= 15 is 0 Å². The number of ether oxygens (including phenoxy) is 1. The lowest BCUT2D eigenvalue weighted by molar-refractivity contribution is 0.0951. The molecule has 2 N–H and O–H groups in total. The van der Waals surface area contributed by atoms with Gasteiger partial charge in [0.1, 0.15) is 5.75 Å². The lowest BCUT2D eigenvalue weighted by atomic mass is 10.1. The Kier molecular flexibility index (Phi) is 7.57. The van der Waals surface area contributed by atoms with Gasteiger partial charge in [-0.15, -0.1) is 0 Å². The molecule has 3 rings (SSSR count). The van der Waals surface area contributed by atoms with Crippen molar-refractivity contribution in [2.24, 2.45) is 0 Å². The largest absolute Gasteiger partial charge is 0.494 e. The van der Waals surface area contributed by atoms with Crippen molar-refractivity contribution in [3.8, 4) is 11.5 Å². The van der Waals surface area contributed by atoms with Crippen LogP contribution in [0.1, 0.15) is 61.4 Å². The molecular weight excluding hydrogens is 404 g/mol. The van der Waals surface area contributed by atoms with Crippen molar-refractivity contribution >= 4 is 21.9 Å². The summed E-state index contributed by atoms with van der Waals surface area (Å²) in [6.45, 7) is 3.29. The van der Waals surface area contributed by atoms with Crippen molar-refractivity contribution in [3.05, 3.63) is 53.6 Å². The molecule has 0 atom stereocenters. The molecule has 0 bridgehead atoms. The molecule has 1 amide bonds. The SMILES string of the molecule is CCCCCCCCOc1ccc(CNC(=O)c2ccc3c(c2)NS(=O)(=O)O3)cc1. The standard InChI is InChI=1S/C22H28N2O5S/c1-2-3-4-5-6-7-14-28-19-11-8-17(9-12-19)16-23-22(25)18-10-13-21-20(15-18)24-30(26,27)29-21/h8-13,15,24H,2-7,14,16H2,1H3,(H,23,25). The number of carbonyl (C=O) groups excluding carboxylic acids is 1. The third-order valence-electron chi connectivity index (χ3n) is 4.82. The summed E-state index contributed by atoms with van der Waals surface area (Å²) in [6.07, 6.45) is 7.38. The molecule has 2 aromatic carbocycles. The summed E-state index contributed by atoms with van der Waals surface area (Å²) in [4.78, 5) is 12.4. The second kappa shape index (κ2) is 10.3. The van der Waals surface area contributed by atoms with Crippen molar-refractivity contribution in [2.45, 2.75) is 52.0 Å². The van der Waals surface area contributed by atoms with E-state index < -0.39 is 10.3 Å². The Hall–Kier alpha value is -2.74. The van der Waals surface area contributed by atoms with E-state index in [1.54, 1.807) is 0 Å². The van der Waals surface area contributed by atoms with Gasteiger partial charge in [-0.25, -0.2) is 4.72 Å². The maximum absolute atomic E-state index is 12.4. The van der Waals surface area contributed by atoms with Crippen molar-refractivity contribution in [1.29, 1.82) is 0 Å². The predicted molar refractivity (Wildman–Crippen MR) is 116 cm³/mol. The van der Waals surface area contributed by atoms with Crippen LogP contribution >= 0.6 is 0 Å². The topological polar surface area (TPSA) is 93.7 Å². The highest BCUT2D eigenvalue weighted by atomic mass is 32.2. The number of hydrogen-bond donors (Lipinski definition) is 2. The van der Waals surface area contributed by atoms with E-state index in [9.17, 15) is 13.2 Å². The smallest absolute Gasteiger partial charge is 0.407 e. The summed E-state index contributed by atoms with van der Waals surface area (Å²) in [7, 11) is -3.82. The molecule has 1 heterocycles. The van der Waals surface area contributed by atoms with Crippen LogP contribution in [-0.4, -0.2) is 20.9 Å². The summed E-state index contributed by atoms with van der Waals surface area (Å²) in [6, 6.07) is 12.1. The second-order valence-corrected chi connectivity index (χ2v) is 8.57. The predicted octanol–water partition coefficient (Wildman–Crippen LogP) is 4.41. The Morgan fingerprint density at radius 3 is 2.53 bits per heavy atom. The van der Waals surface area contributed by atoms with Gasteiger partial charge in [0.2, 0.25) is 0 Å². The van der Waals surface area contributed by atoms with E-state index in [0.717, 1.165) is 17.7 Å². The fourth-order valence-corrected chi connectivity index (χ4v) is 4.01. The molecule has 2 aromatic rings. The van der Waals surface area contributed by atoms with Crippen LogP contribution in [0.5, 0.6) is 11.5 Å². The first-order valence-electron chi connectivity index (χ1n) is 10.3. The van der Waals surface area contributed by atoms with Gasteiger partial charge in [0, 0.05) is 12.1 Å². The Bertz CT molecular complexity index is 958. The Balaban J connectivity index is 1.41. The van der Waals surface area contributed by atoms with Crippen LogP contribution in [0.15, 0.2) is 42.5 Å². The Labute approximate surface area is 178 Å². The minimum atomic E-state index is -3.82. The van der Waals surface area contributed by atoms with Crippen LogP contribution in [0.3, 0.4) is 0 Å². The number of hydrogen-bond acceptors (Lipinski definition) is 5. The minimum Gasteiger partial charge on any atom is -0.494 e. The molecule has 0 unspecified atom stereocenters. The first-order valence-corrected chi connectivity index (χ1v) is 11.7. The van der Waals surface area contributed by atoms with Gasteiger partial charge in [-0.2, -0.15) is 8.42 Å².